The lowest BCUT2D eigenvalue weighted by molar-refractivity contribution is -0.124. The van der Waals surface area contributed by atoms with E-state index in [4.69, 9.17) is 14.2 Å². The molecule has 7 nitrogen and oxygen atoms in total. The Hall–Kier alpha value is -3.22. The molecule has 1 aliphatic heterocycles. The van der Waals surface area contributed by atoms with Gasteiger partial charge in [0.25, 0.3) is 5.91 Å². The lowest BCUT2D eigenvalue weighted by atomic mass is 10.1. The maximum Gasteiger partial charge on any atom is 0.254 e. The molecule has 0 saturated carbocycles. The number of hydrogen-bond acceptors (Lipinski definition) is 5. The van der Waals surface area contributed by atoms with E-state index in [0.29, 0.717) is 41.6 Å². The first kappa shape index (κ1) is 19.5. The number of anilines is 1. The molecule has 7 heteroatoms. The van der Waals surface area contributed by atoms with Gasteiger partial charge in [0.1, 0.15) is 23.3 Å². The molecule has 0 N–H and O–H groups in total. The summed E-state index contributed by atoms with van der Waals surface area (Å²) in [5.41, 5.74) is 1.16. The maximum absolute atomic E-state index is 13.1. The minimum atomic E-state index is -0.598. The Bertz CT molecular complexity index is 866. The molecule has 1 aliphatic rings. The minimum Gasteiger partial charge on any atom is -0.497 e. The van der Waals surface area contributed by atoms with Crippen LogP contribution in [0.4, 0.5) is 5.69 Å². The van der Waals surface area contributed by atoms with E-state index in [1.807, 2.05) is 0 Å². The van der Waals surface area contributed by atoms with E-state index in [1.54, 1.807) is 80.5 Å². The second kappa shape index (κ2) is 8.21. The van der Waals surface area contributed by atoms with Crippen molar-refractivity contribution in [3.8, 4) is 17.2 Å². The van der Waals surface area contributed by atoms with Gasteiger partial charge in [0, 0.05) is 24.7 Å². The summed E-state index contributed by atoms with van der Waals surface area (Å²) in [5, 5.41) is 0. The predicted octanol–water partition coefficient (Wildman–Crippen LogP) is 2.59. The van der Waals surface area contributed by atoms with E-state index in [-0.39, 0.29) is 11.8 Å². The highest BCUT2D eigenvalue weighted by molar-refractivity contribution is 6.04. The van der Waals surface area contributed by atoms with Crippen LogP contribution in [0.25, 0.3) is 0 Å². The number of nitrogens with zero attached hydrogens (tertiary/aromatic N) is 2. The maximum atomic E-state index is 13.1. The number of ether oxygens (including phenoxy) is 3. The molecule has 0 bridgehead atoms. The number of carbonyl (C=O) groups excluding carboxylic acids is 2. The van der Waals surface area contributed by atoms with Crippen molar-refractivity contribution in [3.05, 3.63) is 48.0 Å². The van der Waals surface area contributed by atoms with E-state index in [2.05, 4.69) is 0 Å². The van der Waals surface area contributed by atoms with Gasteiger partial charge < -0.3 is 24.0 Å². The first-order valence-corrected chi connectivity index (χ1v) is 8.98. The zero-order valence-electron chi connectivity index (χ0n) is 16.5. The third kappa shape index (κ3) is 3.60. The van der Waals surface area contributed by atoms with Crippen LogP contribution in [-0.2, 0) is 4.79 Å². The molecule has 0 aliphatic carbocycles. The summed E-state index contributed by atoms with van der Waals surface area (Å²) in [6, 6.07) is 11.6. The molecular weight excluding hydrogens is 360 g/mol. The van der Waals surface area contributed by atoms with Gasteiger partial charge >= 0.3 is 0 Å². The van der Waals surface area contributed by atoms with Crippen molar-refractivity contribution in [3.63, 3.8) is 0 Å². The van der Waals surface area contributed by atoms with E-state index in [9.17, 15) is 9.59 Å². The van der Waals surface area contributed by atoms with Gasteiger partial charge in [0.2, 0.25) is 5.91 Å². The molecule has 0 unspecified atom stereocenters. The van der Waals surface area contributed by atoms with Crippen molar-refractivity contribution < 1.29 is 23.8 Å². The average molecular weight is 384 g/mol. The summed E-state index contributed by atoms with van der Waals surface area (Å²) in [6.07, 6.45) is 0. The number of hydrogen-bond donors (Lipinski definition) is 0. The smallest absolute Gasteiger partial charge is 0.254 e. The number of benzene rings is 2. The van der Waals surface area contributed by atoms with Crippen LogP contribution in [0.15, 0.2) is 42.5 Å². The van der Waals surface area contributed by atoms with E-state index >= 15 is 0 Å². The summed E-state index contributed by atoms with van der Waals surface area (Å²) in [6.45, 7) is 2.52. The van der Waals surface area contributed by atoms with Gasteiger partial charge in [-0.1, -0.05) is 0 Å². The molecule has 2 amide bonds. The van der Waals surface area contributed by atoms with Crippen LogP contribution in [0.3, 0.4) is 0 Å². The fraction of sp³-hybridized carbons (Fsp3) is 0.333. The molecule has 148 valence electrons. The highest BCUT2D eigenvalue weighted by Crippen LogP contribution is 2.34. The third-order valence-corrected chi connectivity index (χ3v) is 4.93. The van der Waals surface area contributed by atoms with Crippen LogP contribution in [0.2, 0.25) is 0 Å². The molecule has 1 saturated heterocycles. The van der Waals surface area contributed by atoms with Crippen LogP contribution in [0.1, 0.15) is 17.3 Å². The van der Waals surface area contributed by atoms with Crippen LogP contribution in [0.5, 0.6) is 17.2 Å². The molecule has 0 aromatic heterocycles. The topological polar surface area (TPSA) is 68.3 Å². The summed E-state index contributed by atoms with van der Waals surface area (Å²) < 4.78 is 15.8. The van der Waals surface area contributed by atoms with Crippen LogP contribution in [-0.4, -0.2) is 57.2 Å². The average Bonchev–Trinajstić information content (AvgIpc) is 2.74. The second-order valence-electron chi connectivity index (χ2n) is 6.43. The van der Waals surface area contributed by atoms with Crippen LogP contribution >= 0.6 is 0 Å². The molecule has 28 heavy (non-hydrogen) atoms. The number of amides is 2. The number of carbonyl (C=O) groups is 2. The molecule has 1 fully saturated rings. The van der Waals surface area contributed by atoms with Crippen molar-refractivity contribution in [1.82, 2.24) is 4.90 Å². The Morgan fingerprint density at radius 3 is 2.18 bits per heavy atom. The first-order valence-electron chi connectivity index (χ1n) is 8.98. The van der Waals surface area contributed by atoms with Crippen molar-refractivity contribution >= 4 is 17.5 Å². The first-order chi connectivity index (χ1) is 13.5. The normalized spacial score (nSPS) is 16.7. The van der Waals surface area contributed by atoms with Crippen molar-refractivity contribution in [2.75, 3.05) is 39.3 Å². The zero-order valence-corrected chi connectivity index (χ0v) is 16.5. The largest absolute Gasteiger partial charge is 0.497 e. The highest BCUT2D eigenvalue weighted by atomic mass is 16.5. The summed E-state index contributed by atoms with van der Waals surface area (Å²) in [5.74, 6) is 1.54. The van der Waals surface area contributed by atoms with Crippen molar-refractivity contribution in [1.29, 1.82) is 0 Å². The van der Waals surface area contributed by atoms with Gasteiger partial charge in [0.05, 0.1) is 27.0 Å². The van der Waals surface area contributed by atoms with Crippen LogP contribution < -0.4 is 19.1 Å². The SMILES string of the molecule is COc1ccc(C(=O)N2CCN(c3cc(OC)ccc3OC)C(=O)[C@H]2C)cc1. The van der Waals surface area contributed by atoms with Gasteiger partial charge in [-0.25, -0.2) is 0 Å². The molecule has 1 atom stereocenters. The van der Waals surface area contributed by atoms with Crippen molar-refractivity contribution in [2.45, 2.75) is 13.0 Å². The summed E-state index contributed by atoms with van der Waals surface area (Å²) in [4.78, 5) is 29.2. The molecule has 3 rings (SSSR count). The Kier molecular flexibility index (Phi) is 5.73. The summed E-state index contributed by atoms with van der Waals surface area (Å²) in [7, 11) is 4.70. The number of piperazine rings is 1. The van der Waals surface area contributed by atoms with Gasteiger partial charge in [-0.15, -0.1) is 0 Å². The third-order valence-electron chi connectivity index (χ3n) is 4.93. The molecule has 2 aromatic carbocycles. The fourth-order valence-electron chi connectivity index (χ4n) is 3.29. The summed E-state index contributed by atoms with van der Waals surface area (Å²) >= 11 is 0. The Morgan fingerprint density at radius 1 is 0.929 bits per heavy atom. The lowest BCUT2D eigenvalue weighted by Crippen LogP contribution is -2.57. The van der Waals surface area contributed by atoms with E-state index in [0.717, 1.165) is 0 Å². The molecular formula is C21H24N2O5. The fourth-order valence-corrected chi connectivity index (χ4v) is 3.29. The Morgan fingerprint density at radius 2 is 1.57 bits per heavy atom. The monoisotopic (exact) mass is 384 g/mol. The van der Waals surface area contributed by atoms with Crippen molar-refractivity contribution in [2.24, 2.45) is 0 Å². The highest BCUT2D eigenvalue weighted by Gasteiger charge is 2.36. The van der Waals surface area contributed by atoms with Crippen LogP contribution in [0, 0.1) is 0 Å². The molecule has 0 radical (unpaired) electrons. The zero-order chi connectivity index (χ0) is 20.3. The standard InChI is InChI=1S/C21H24N2O5/c1-14-20(24)23(18-13-17(27-3)9-10-19(18)28-4)12-11-22(14)21(25)15-5-7-16(26-2)8-6-15/h5-10,13-14H,11-12H2,1-4H3/t14-/m1/s1. The van der Waals surface area contributed by atoms with Gasteiger partial charge in [-0.2, -0.15) is 0 Å². The minimum absolute atomic E-state index is 0.167. The quantitative estimate of drug-likeness (QED) is 0.793. The van der Waals surface area contributed by atoms with Gasteiger partial charge in [-0.05, 0) is 43.3 Å². The Labute approximate surface area is 164 Å². The number of methoxy groups -OCH3 is 3. The van der Waals surface area contributed by atoms with E-state index in [1.165, 1.54) is 0 Å². The van der Waals surface area contributed by atoms with E-state index < -0.39 is 6.04 Å². The van der Waals surface area contributed by atoms with Gasteiger partial charge in [-0.3, -0.25) is 9.59 Å². The molecule has 1 heterocycles. The number of rotatable bonds is 5. The molecule has 0 spiro atoms. The second-order valence-corrected chi connectivity index (χ2v) is 6.43. The Balaban J connectivity index is 1.82. The lowest BCUT2D eigenvalue weighted by Gasteiger charge is -2.39. The van der Waals surface area contributed by atoms with Gasteiger partial charge in [0.15, 0.2) is 0 Å². The molecule has 2 aromatic rings. The predicted molar refractivity (Wildman–Crippen MR) is 105 cm³/mol.